The lowest BCUT2D eigenvalue weighted by Crippen LogP contribution is -2.36. The van der Waals surface area contributed by atoms with Crippen molar-refractivity contribution in [3.63, 3.8) is 0 Å². The van der Waals surface area contributed by atoms with Crippen molar-refractivity contribution in [2.75, 3.05) is 7.05 Å². The largest absolute Gasteiger partial charge is 0.417 e. The zero-order chi connectivity index (χ0) is 19.7. The molecule has 1 aliphatic carbocycles. The van der Waals surface area contributed by atoms with Crippen molar-refractivity contribution in [2.24, 2.45) is 0 Å². The summed E-state index contributed by atoms with van der Waals surface area (Å²) in [7, 11) is 1.83. The minimum atomic E-state index is -4.41. The molecule has 1 amide bonds. The van der Waals surface area contributed by atoms with E-state index in [0.29, 0.717) is 17.0 Å². The van der Waals surface area contributed by atoms with Crippen LogP contribution in [0.4, 0.5) is 13.2 Å². The number of carbonyl (C=O) groups is 1. The maximum absolute atomic E-state index is 12.9. The molecule has 4 nitrogen and oxygen atoms in total. The van der Waals surface area contributed by atoms with Crippen LogP contribution in [0.15, 0.2) is 54.9 Å². The Bertz CT molecular complexity index is 1090. The molecular formula is C21H16F3N3O. The van der Waals surface area contributed by atoms with Crippen LogP contribution in [0.1, 0.15) is 34.5 Å². The van der Waals surface area contributed by atoms with E-state index in [4.69, 9.17) is 0 Å². The molecule has 3 aromatic rings. The van der Waals surface area contributed by atoms with Crippen LogP contribution in [0.5, 0.6) is 0 Å². The SMILES string of the molecule is CN1C(=O)c2cccn2-c2cc(-c3ccc(C(F)(F)F)cn3)ccc2C12CC2. The molecule has 142 valence electrons. The fourth-order valence-electron chi connectivity index (χ4n) is 4.05. The fourth-order valence-corrected chi connectivity index (χ4v) is 4.05. The second-order valence-electron chi connectivity index (χ2n) is 7.32. The summed E-state index contributed by atoms with van der Waals surface area (Å²) in [5.41, 5.74) is 2.58. The summed E-state index contributed by atoms with van der Waals surface area (Å²) in [5, 5.41) is 0. The summed E-state index contributed by atoms with van der Waals surface area (Å²) >= 11 is 0. The van der Waals surface area contributed by atoms with Crippen LogP contribution in [0.25, 0.3) is 16.9 Å². The van der Waals surface area contributed by atoms with E-state index >= 15 is 0 Å². The highest BCUT2D eigenvalue weighted by molar-refractivity contribution is 5.95. The summed E-state index contributed by atoms with van der Waals surface area (Å²) in [4.78, 5) is 18.7. The van der Waals surface area contributed by atoms with Crippen LogP contribution in [0.2, 0.25) is 0 Å². The molecule has 1 fully saturated rings. The van der Waals surface area contributed by atoms with E-state index in [1.54, 1.807) is 11.0 Å². The number of fused-ring (bicyclic) bond motifs is 4. The van der Waals surface area contributed by atoms with Gasteiger partial charge in [0.2, 0.25) is 0 Å². The second-order valence-corrected chi connectivity index (χ2v) is 7.32. The Morgan fingerprint density at radius 3 is 2.54 bits per heavy atom. The van der Waals surface area contributed by atoms with Crippen molar-refractivity contribution in [3.05, 3.63) is 71.7 Å². The Balaban J connectivity index is 1.66. The van der Waals surface area contributed by atoms with Crippen molar-refractivity contribution >= 4 is 5.91 Å². The van der Waals surface area contributed by atoms with E-state index in [2.05, 4.69) is 4.98 Å². The van der Waals surface area contributed by atoms with Gasteiger partial charge < -0.3 is 9.47 Å². The molecule has 0 saturated heterocycles. The highest BCUT2D eigenvalue weighted by atomic mass is 19.4. The third-order valence-corrected chi connectivity index (χ3v) is 5.78. The molecular weight excluding hydrogens is 367 g/mol. The summed E-state index contributed by atoms with van der Waals surface area (Å²) in [6.07, 6.45) is 0.0611. The standard InChI is InChI=1S/C21H16F3N3O/c1-26-19(28)17-3-2-10-27(17)18-11-13(4-6-15(18)20(26)8-9-20)16-7-5-14(12-25-16)21(22,23)24/h2-7,10-12H,8-9H2,1H3. The van der Waals surface area contributed by atoms with Crippen LogP contribution in [-0.4, -0.2) is 27.4 Å². The molecule has 0 N–H and O–H groups in total. The number of halogens is 3. The van der Waals surface area contributed by atoms with Gasteiger partial charge in [0.1, 0.15) is 5.69 Å². The average Bonchev–Trinajstić information content (AvgIpc) is 3.35. The molecule has 0 radical (unpaired) electrons. The summed E-state index contributed by atoms with van der Waals surface area (Å²) in [5.74, 6) is -0.0343. The fraction of sp³-hybridized carbons (Fsp3) is 0.238. The number of alkyl halides is 3. The number of carbonyl (C=O) groups excluding carboxylic acids is 1. The second kappa shape index (κ2) is 5.47. The van der Waals surface area contributed by atoms with Gasteiger partial charge in [-0.2, -0.15) is 13.2 Å². The van der Waals surface area contributed by atoms with E-state index in [9.17, 15) is 18.0 Å². The third-order valence-electron chi connectivity index (χ3n) is 5.78. The number of pyridine rings is 1. The zero-order valence-electron chi connectivity index (χ0n) is 15.0. The predicted molar refractivity (Wildman–Crippen MR) is 97.0 cm³/mol. The third kappa shape index (κ3) is 2.32. The van der Waals surface area contributed by atoms with Gasteiger partial charge in [-0.05, 0) is 43.2 Å². The van der Waals surface area contributed by atoms with Gasteiger partial charge >= 0.3 is 6.18 Å². The Labute approximate surface area is 159 Å². The highest BCUT2D eigenvalue weighted by Crippen LogP contribution is 2.54. The van der Waals surface area contributed by atoms with Gasteiger partial charge in [0.05, 0.1) is 22.5 Å². The van der Waals surface area contributed by atoms with Crippen LogP contribution >= 0.6 is 0 Å². The van der Waals surface area contributed by atoms with E-state index in [1.165, 1.54) is 6.07 Å². The number of hydrogen-bond acceptors (Lipinski definition) is 2. The molecule has 28 heavy (non-hydrogen) atoms. The molecule has 0 atom stereocenters. The van der Waals surface area contributed by atoms with Crippen LogP contribution in [0, 0.1) is 0 Å². The molecule has 2 aliphatic rings. The Morgan fingerprint density at radius 1 is 1.11 bits per heavy atom. The lowest BCUT2D eigenvalue weighted by molar-refractivity contribution is -0.137. The number of rotatable bonds is 1. The Morgan fingerprint density at radius 2 is 1.89 bits per heavy atom. The molecule has 1 saturated carbocycles. The number of nitrogens with zero attached hydrogens (tertiary/aromatic N) is 3. The first-order chi connectivity index (χ1) is 13.3. The molecule has 0 bridgehead atoms. The van der Waals surface area contributed by atoms with Crippen LogP contribution in [-0.2, 0) is 11.7 Å². The maximum Gasteiger partial charge on any atom is 0.417 e. The van der Waals surface area contributed by atoms with Crippen molar-refractivity contribution in [2.45, 2.75) is 24.6 Å². The van der Waals surface area contributed by atoms with E-state index < -0.39 is 11.7 Å². The Hall–Kier alpha value is -3.09. The van der Waals surface area contributed by atoms with E-state index in [0.717, 1.165) is 36.4 Å². The molecule has 1 spiro atoms. The minimum Gasteiger partial charge on any atom is -0.331 e. The van der Waals surface area contributed by atoms with Crippen molar-refractivity contribution in [3.8, 4) is 16.9 Å². The van der Waals surface area contributed by atoms with Gasteiger partial charge in [0.25, 0.3) is 5.91 Å². The normalized spacial score (nSPS) is 17.3. The molecule has 7 heteroatoms. The van der Waals surface area contributed by atoms with Gasteiger partial charge in [-0.25, -0.2) is 0 Å². The van der Waals surface area contributed by atoms with Crippen molar-refractivity contribution in [1.29, 1.82) is 0 Å². The van der Waals surface area contributed by atoms with Crippen LogP contribution < -0.4 is 0 Å². The minimum absolute atomic E-state index is 0.0343. The summed E-state index contributed by atoms with van der Waals surface area (Å²) in [6, 6.07) is 11.8. The van der Waals surface area contributed by atoms with E-state index in [-0.39, 0.29) is 11.4 Å². The Kier molecular flexibility index (Phi) is 3.33. The van der Waals surface area contributed by atoms with Gasteiger partial charge in [0.15, 0.2) is 0 Å². The number of amides is 1. The number of aromatic nitrogens is 2. The highest BCUT2D eigenvalue weighted by Gasteiger charge is 2.53. The quantitative estimate of drug-likeness (QED) is 0.614. The monoisotopic (exact) mass is 383 g/mol. The maximum atomic E-state index is 12.9. The average molecular weight is 383 g/mol. The number of benzene rings is 1. The first kappa shape index (κ1) is 17.0. The number of hydrogen-bond donors (Lipinski definition) is 0. The molecule has 1 aliphatic heterocycles. The van der Waals surface area contributed by atoms with Gasteiger partial charge in [0, 0.05) is 30.6 Å². The molecule has 2 aromatic heterocycles. The van der Waals surface area contributed by atoms with Crippen molar-refractivity contribution in [1.82, 2.24) is 14.5 Å². The van der Waals surface area contributed by atoms with E-state index in [1.807, 2.05) is 42.1 Å². The van der Waals surface area contributed by atoms with Gasteiger partial charge in [-0.15, -0.1) is 0 Å². The molecule has 1 aromatic carbocycles. The first-order valence-corrected chi connectivity index (χ1v) is 8.95. The zero-order valence-corrected chi connectivity index (χ0v) is 15.0. The molecule has 5 rings (SSSR count). The lowest BCUT2D eigenvalue weighted by Gasteiger charge is -2.27. The van der Waals surface area contributed by atoms with Crippen molar-refractivity contribution < 1.29 is 18.0 Å². The predicted octanol–water partition coefficient (Wildman–Crippen LogP) is 4.63. The lowest BCUT2D eigenvalue weighted by atomic mass is 9.98. The smallest absolute Gasteiger partial charge is 0.331 e. The van der Waals surface area contributed by atoms with Gasteiger partial charge in [-0.1, -0.05) is 12.1 Å². The van der Waals surface area contributed by atoms with Gasteiger partial charge in [-0.3, -0.25) is 9.78 Å². The first-order valence-electron chi connectivity index (χ1n) is 8.95. The van der Waals surface area contributed by atoms with Crippen LogP contribution in [0.3, 0.4) is 0 Å². The molecule has 0 unspecified atom stereocenters. The molecule has 3 heterocycles. The topological polar surface area (TPSA) is 38.1 Å². The summed E-state index contributed by atoms with van der Waals surface area (Å²) < 4.78 is 40.3. The summed E-state index contributed by atoms with van der Waals surface area (Å²) in [6.45, 7) is 0.